The molecule has 1 saturated heterocycles. The lowest BCUT2D eigenvalue weighted by Gasteiger charge is -2.17. The van der Waals surface area contributed by atoms with Crippen LogP contribution >= 0.6 is 11.6 Å². The van der Waals surface area contributed by atoms with E-state index in [4.69, 9.17) is 21.1 Å². The van der Waals surface area contributed by atoms with E-state index in [-0.39, 0.29) is 5.91 Å². The van der Waals surface area contributed by atoms with Crippen LogP contribution in [-0.4, -0.2) is 31.8 Å². The van der Waals surface area contributed by atoms with Gasteiger partial charge < -0.3 is 14.8 Å². The Morgan fingerprint density at radius 3 is 3.10 bits per heavy atom. The summed E-state index contributed by atoms with van der Waals surface area (Å²) >= 11 is 6.05. The number of ether oxygens (including phenoxy) is 2. The monoisotopic (exact) mass is 297 g/mol. The van der Waals surface area contributed by atoms with Crippen LogP contribution in [0.25, 0.3) is 0 Å². The summed E-state index contributed by atoms with van der Waals surface area (Å²) in [5, 5.41) is 3.41. The Bertz CT molecular complexity index is 472. The Morgan fingerprint density at radius 1 is 1.60 bits per heavy atom. The molecule has 0 radical (unpaired) electrons. The molecule has 1 aliphatic heterocycles. The normalized spacial score (nSPS) is 19.6. The van der Waals surface area contributed by atoms with Crippen LogP contribution in [-0.2, 0) is 9.53 Å². The molecule has 0 bridgehead atoms. The first-order chi connectivity index (χ1) is 9.56. The van der Waals surface area contributed by atoms with Gasteiger partial charge in [0.05, 0.1) is 11.6 Å². The van der Waals surface area contributed by atoms with Gasteiger partial charge >= 0.3 is 0 Å². The van der Waals surface area contributed by atoms with Crippen molar-refractivity contribution >= 4 is 17.5 Å². The van der Waals surface area contributed by atoms with Crippen molar-refractivity contribution in [1.29, 1.82) is 0 Å². The van der Waals surface area contributed by atoms with E-state index < -0.39 is 6.10 Å². The van der Waals surface area contributed by atoms with E-state index >= 15 is 0 Å². The summed E-state index contributed by atoms with van der Waals surface area (Å²) in [6.07, 6.45) is 0.427. The molecule has 1 fully saturated rings. The molecule has 1 aliphatic rings. The van der Waals surface area contributed by atoms with Gasteiger partial charge in [-0.25, -0.2) is 0 Å². The third-order valence-electron chi connectivity index (χ3n) is 3.35. The number of aryl methyl sites for hydroxylation is 1. The number of hydrogen-bond acceptors (Lipinski definition) is 3. The zero-order valence-electron chi connectivity index (χ0n) is 11.8. The van der Waals surface area contributed by atoms with Crippen LogP contribution in [0.5, 0.6) is 5.75 Å². The van der Waals surface area contributed by atoms with E-state index in [1.807, 2.05) is 19.1 Å². The number of hydrogen-bond donors (Lipinski definition) is 1. The number of nitrogens with one attached hydrogen (secondary N) is 1. The van der Waals surface area contributed by atoms with Crippen LogP contribution in [0, 0.1) is 12.8 Å². The Kier molecular flexibility index (Phi) is 5.26. The molecular formula is C15H20ClNO3. The van der Waals surface area contributed by atoms with Gasteiger partial charge in [-0.15, -0.1) is 0 Å². The zero-order valence-corrected chi connectivity index (χ0v) is 12.6. The molecule has 1 heterocycles. The van der Waals surface area contributed by atoms with Gasteiger partial charge in [0.25, 0.3) is 5.91 Å². The molecule has 1 aromatic rings. The van der Waals surface area contributed by atoms with Gasteiger partial charge in [0.15, 0.2) is 6.10 Å². The number of benzene rings is 1. The van der Waals surface area contributed by atoms with Crippen molar-refractivity contribution in [2.45, 2.75) is 26.4 Å². The van der Waals surface area contributed by atoms with Gasteiger partial charge in [0.1, 0.15) is 5.75 Å². The standard InChI is InChI=1S/C15H20ClNO3/c1-10-3-4-13(16)14(7-10)20-11(2)15(18)17-8-12-5-6-19-9-12/h3-4,7,11-12H,5-6,8-9H2,1-2H3,(H,17,18). The minimum atomic E-state index is -0.573. The summed E-state index contributed by atoms with van der Waals surface area (Å²) < 4.78 is 10.9. The molecule has 20 heavy (non-hydrogen) atoms. The second-order valence-corrected chi connectivity index (χ2v) is 5.58. The molecule has 2 atom stereocenters. The summed E-state index contributed by atoms with van der Waals surface area (Å²) in [7, 11) is 0. The van der Waals surface area contributed by atoms with Crippen molar-refractivity contribution in [3.63, 3.8) is 0 Å². The maximum atomic E-state index is 12.0. The SMILES string of the molecule is Cc1ccc(Cl)c(OC(C)C(=O)NCC2CCOC2)c1. The van der Waals surface area contributed by atoms with Gasteiger partial charge in [-0.05, 0) is 38.0 Å². The fourth-order valence-electron chi connectivity index (χ4n) is 2.08. The van der Waals surface area contributed by atoms with Gasteiger partial charge in [0.2, 0.25) is 0 Å². The van der Waals surface area contributed by atoms with Gasteiger partial charge in [-0.2, -0.15) is 0 Å². The van der Waals surface area contributed by atoms with Crippen LogP contribution in [0.4, 0.5) is 0 Å². The van der Waals surface area contributed by atoms with Gasteiger partial charge in [0, 0.05) is 19.1 Å². The van der Waals surface area contributed by atoms with Crippen molar-refractivity contribution in [1.82, 2.24) is 5.32 Å². The highest BCUT2D eigenvalue weighted by molar-refractivity contribution is 6.32. The fourth-order valence-corrected chi connectivity index (χ4v) is 2.24. The lowest BCUT2D eigenvalue weighted by molar-refractivity contribution is -0.127. The van der Waals surface area contributed by atoms with E-state index in [0.717, 1.165) is 25.2 Å². The number of rotatable bonds is 5. The van der Waals surface area contributed by atoms with E-state index in [0.29, 0.717) is 23.2 Å². The average molecular weight is 298 g/mol. The van der Waals surface area contributed by atoms with Crippen LogP contribution in [0.2, 0.25) is 5.02 Å². The minimum Gasteiger partial charge on any atom is -0.479 e. The number of halogens is 1. The minimum absolute atomic E-state index is 0.130. The highest BCUT2D eigenvalue weighted by Crippen LogP contribution is 2.26. The highest BCUT2D eigenvalue weighted by Gasteiger charge is 2.20. The smallest absolute Gasteiger partial charge is 0.260 e. The lowest BCUT2D eigenvalue weighted by atomic mass is 10.1. The van der Waals surface area contributed by atoms with Crippen molar-refractivity contribution < 1.29 is 14.3 Å². The molecule has 2 rings (SSSR count). The summed E-state index contributed by atoms with van der Waals surface area (Å²) in [5.74, 6) is 0.821. The summed E-state index contributed by atoms with van der Waals surface area (Å²) in [4.78, 5) is 12.0. The van der Waals surface area contributed by atoms with Gasteiger partial charge in [-0.1, -0.05) is 17.7 Å². The lowest BCUT2D eigenvalue weighted by Crippen LogP contribution is -2.39. The maximum Gasteiger partial charge on any atom is 0.260 e. The Morgan fingerprint density at radius 2 is 2.40 bits per heavy atom. The first-order valence-electron chi connectivity index (χ1n) is 6.84. The molecule has 1 N–H and O–H groups in total. The molecule has 2 unspecified atom stereocenters. The largest absolute Gasteiger partial charge is 0.479 e. The Labute approximate surface area is 124 Å². The van der Waals surface area contributed by atoms with Crippen LogP contribution in [0.1, 0.15) is 18.9 Å². The maximum absolute atomic E-state index is 12.0. The quantitative estimate of drug-likeness (QED) is 0.908. The molecule has 1 amide bonds. The molecule has 5 heteroatoms. The summed E-state index contributed by atoms with van der Waals surface area (Å²) in [5.41, 5.74) is 1.04. The van der Waals surface area contributed by atoms with Crippen LogP contribution in [0.15, 0.2) is 18.2 Å². The second kappa shape index (κ2) is 6.95. The second-order valence-electron chi connectivity index (χ2n) is 5.17. The first kappa shape index (κ1) is 15.1. The van der Waals surface area contributed by atoms with Crippen molar-refractivity contribution in [3.8, 4) is 5.75 Å². The number of carbonyl (C=O) groups is 1. The van der Waals surface area contributed by atoms with E-state index in [1.54, 1.807) is 13.0 Å². The molecule has 0 aliphatic carbocycles. The topological polar surface area (TPSA) is 47.6 Å². The summed E-state index contributed by atoms with van der Waals surface area (Å²) in [6, 6.07) is 5.50. The molecule has 4 nitrogen and oxygen atoms in total. The van der Waals surface area contributed by atoms with E-state index in [2.05, 4.69) is 5.32 Å². The molecule has 1 aromatic carbocycles. The number of carbonyl (C=O) groups excluding carboxylic acids is 1. The van der Waals surface area contributed by atoms with Gasteiger partial charge in [-0.3, -0.25) is 4.79 Å². The third-order valence-corrected chi connectivity index (χ3v) is 3.66. The molecule has 110 valence electrons. The van der Waals surface area contributed by atoms with E-state index in [1.165, 1.54) is 0 Å². The molecular weight excluding hydrogens is 278 g/mol. The van der Waals surface area contributed by atoms with Crippen molar-refractivity contribution in [2.24, 2.45) is 5.92 Å². The van der Waals surface area contributed by atoms with Crippen molar-refractivity contribution in [3.05, 3.63) is 28.8 Å². The molecule has 0 saturated carbocycles. The zero-order chi connectivity index (χ0) is 14.5. The summed E-state index contributed by atoms with van der Waals surface area (Å²) in [6.45, 7) is 5.81. The third kappa shape index (κ3) is 4.12. The predicted octanol–water partition coefficient (Wildman–Crippen LogP) is 2.57. The highest BCUT2D eigenvalue weighted by atomic mass is 35.5. The first-order valence-corrected chi connectivity index (χ1v) is 7.22. The van der Waals surface area contributed by atoms with E-state index in [9.17, 15) is 4.79 Å². The Balaban J connectivity index is 1.85. The Hall–Kier alpha value is -1.26. The molecule has 0 spiro atoms. The molecule has 0 aromatic heterocycles. The van der Waals surface area contributed by atoms with Crippen LogP contribution < -0.4 is 10.1 Å². The van der Waals surface area contributed by atoms with Crippen molar-refractivity contribution in [2.75, 3.05) is 19.8 Å². The fraction of sp³-hybridized carbons (Fsp3) is 0.533. The predicted molar refractivity (Wildman–Crippen MR) is 78.2 cm³/mol. The number of amides is 1. The van der Waals surface area contributed by atoms with Crippen LogP contribution in [0.3, 0.4) is 0 Å². The average Bonchev–Trinajstić information content (AvgIpc) is 2.93.